The maximum Gasteiger partial charge on any atom is 0.0529 e. The zero-order valence-corrected chi connectivity index (χ0v) is 74.4. The lowest BCUT2D eigenvalue weighted by Gasteiger charge is -2.15. The van der Waals surface area contributed by atoms with Crippen LogP contribution in [0.15, 0.2) is 140 Å². The van der Waals surface area contributed by atoms with E-state index in [9.17, 15) is 0 Å². The second-order valence-corrected chi connectivity index (χ2v) is 35.0. The third-order valence-corrected chi connectivity index (χ3v) is 27.6. The molecule has 0 bridgehead atoms. The first-order valence-electron chi connectivity index (χ1n) is 42.1. The van der Waals surface area contributed by atoms with Crippen molar-refractivity contribution in [1.82, 2.24) is 34.9 Å². The second-order valence-electron chi connectivity index (χ2n) is 35.0. The molecule has 117 heavy (non-hydrogen) atoms. The Bertz CT molecular complexity index is 6470. The van der Waals surface area contributed by atoms with E-state index < -0.39 is 0 Å². The van der Waals surface area contributed by atoms with E-state index in [0.29, 0.717) is 0 Å². The summed E-state index contributed by atoms with van der Waals surface area (Å²) in [5.41, 5.74) is 73.7. The van der Waals surface area contributed by atoms with Crippen molar-refractivity contribution in [3.63, 3.8) is 0 Å². The fourth-order valence-electron chi connectivity index (χ4n) is 19.1. The summed E-state index contributed by atoms with van der Waals surface area (Å²) in [4.78, 5) is 32.0. The highest BCUT2D eigenvalue weighted by Crippen LogP contribution is 2.47. The van der Waals surface area contributed by atoms with E-state index in [1.807, 2.05) is 37.1 Å². The third kappa shape index (κ3) is 14.9. The number of benzene rings is 7. The third-order valence-electron chi connectivity index (χ3n) is 27.6. The molecule has 0 amide bonds. The van der Waals surface area contributed by atoms with Crippen LogP contribution in [0.5, 0.6) is 0 Å². The molecule has 21 rings (SSSR count). The molecular weight excluding hydrogens is 1420 g/mol. The lowest BCUT2D eigenvalue weighted by Crippen LogP contribution is -1.98. The molecule has 7 aromatic heterocycles. The topological polar surface area (TPSA) is 90.2 Å². The Kier molecular flexibility index (Phi) is 22.0. The number of pyridine rings is 7. The molecule has 7 aliphatic carbocycles. The lowest BCUT2D eigenvalue weighted by molar-refractivity contribution is 1.06. The Labute approximate surface area is 697 Å². The standard InChI is InChI=1S/5C16H17N.2C15H15N/c1-9-5-15-14-6-10(2)11(3)12(4)13(14)7-16(15)17-8-9;1-9-7-15-13-6-5-10(2)17-16(13)8-14(15)12(4)11(9)3;1-9-5-6-17-15-8-13-12(4)11(3)10(2)7-14(13)16(9)15;1-9-5-6-17-14-8-13-7-10(2)11(3)12(4)16(13)15(9)14;1-9-10(2)12(4)16-13-6-5-7-17-15(13)8-14(16)11(9)3;1-9-4-14-13-6-11(3)10(2)5-12(13)7-15(14)16-8-9;1-9-6-12-8-15-13(5-4-11(3)16-15)14(12)7-10(9)2/h5-6,8H,7H2,1-4H3;4*5-7H,8H2,1-4H3;4-6,8H,7H2,1-3H3;4-7H,8H2,1-3H3. The van der Waals surface area contributed by atoms with E-state index in [-0.39, 0.29) is 0 Å². The van der Waals surface area contributed by atoms with Crippen LogP contribution in [-0.2, 0) is 44.9 Å². The second kappa shape index (κ2) is 31.9. The molecule has 0 saturated carbocycles. The highest BCUT2D eigenvalue weighted by molar-refractivity contribution is 5.86. The fraction of sp³-hybridized carbons (Fsp3) is 0.300. The van der Waals surface area contributed by atoms with Gasteiger partial charge in [-0.25, -0.2) is 0 Å². The van der Waals surface area contributed by atoms with Gasteiger partial charge in [0.15, 0.2) is 0 Å². The van der Waals surface area contributed by atoms with Crippen molar-refractivity contribution in [2.45, 2.75) is 225 Å². The Balaban J connectivity index is 0.000000107. The summed E-state index contributed by atoms with van der Waals surface area (Å²) in [6.07, 6.45) is 16.7. The molecule has 0 radical (unpaired) electrons. The molecular formula is C110H115N7. The minimum atomic E-state index is 0.992. The molecule has 590 valence electrons. The van der Waals surface area contributed by atoms with Crippen LogP contribution in [0.4, 0.5) is 0 Å². The van der Waals surface area contributed by atoms with Crippen LogP contribution >= 0.6 is 0 Å². The van der Waals surface area contributed by atoms with Crippen molar-refractivity contribution < 1.29 is 0 Å². The van der Waals surface area contributed by atoms with Gasteiger partial charge in [-0.1, -0.05) is 66.7 Å². The largest absolute Gasteiger partial charge is 0.260 e. The average molecular weight is 1540 g/mol. The van der Waals surface area contributed by atoms with Gasteiger partial charge < -0.3 is 0 Å². The maximum absolute atomic E-state index is 4.67. The SMILES string of the molecule is Cc1c(C)c(C)c2c(c1C)Cc1ncccc1-2.Cc1cc2c(c(C)c1C)-c1c(C)ccnc1C2.Cc1cc2c(c(C)c1C)Cc1nccc(C)c1-2.Cc1ccc2c(n1)Cc1c-2cc(C)c(C)c1C.Cc1ccc2c(n1)Cc1cc(C)c(C)cc1-2.Cc1cnc2c(c1)-c1cc(C)c(C)c(C)c1C2.Cc1cnc2c(c1)-c1cc(C)c(C)cc1C2. The molecule has 7 heteroatoms. The summed E-state index contributed by atoms with van der Waals surface area (Å²) in [6, 6.07) is 40.1. The molecule has 0 aliphatic heterocycles. The van der Waals surface area contributed by atoms with Crippen molar-refractivity contribution >= 4 is 0 Å². The number of rotatable bonds is 0. The number of fused-ring (bicyclic) bond motifs is 21. The van der Waals surface area contributed by atoms with E-state index in [1.54, 1.807) is 0 Å². The quantitative estimate of drug-likeness (QED) is 0.149. The highest BCUT2D eigenvalue weighted by Gasteiger charge is 2.31. The van der Waals surface area contributed by atoms with Gasteiger partial charge in [0.2, 0.25) is 0 Å². The summed E-state index contributed by atoms with van der Waals surface area (Å²) < 4.78 is 0. The van der Waals surface area contributed by atoms with Crippen molar-refractivity contribution in [2.75, 3.05) is 0 Å². The smallest absolute Gasteiger partial charge is 0.0529 e. The number of aryl methyl sites for hydroxylation is 14. The number of hydrogen-bond donors (Lipinski definition) is 0. The van der Waals surface area contributed by atoms with E-state index in [4.69, 9.17) is 0 Å². The molecule has 0 atom stereocenters. The number of nitrogens with zero attached hydrogens (tertiary/aromatic N) is 7. The van der Waals surface area contributed by atoms with E-state index in [2.05, 4.69) is 318 Å². The summed E-state index contributed by atoms with van der Waals surface area (Å²) in [6.45, 7) is 57.0. The molecule has 0 spiro atoms. The first-order valence-corrected chi connectivity index (χ1v) is 42.1. The van der Waals surface area contributed by atoms with Gasteiger partial charge >= 0.3 is 0 Å². The number of aromatic nitrogens is 7. The van der Waals surface area contributed by atoms with Gasteiger partial charge in [0, 0.05) is 126 Å². The van der Waals surface area contributed by atoms with Crippen molar-refractivity contribution in [3.05, 3.63) is 364 Å². The molecule has 0 saturated heterocycles. The summed E-state index contributed by atoms with van der Waals surface area (Å²) in [7, 11) is 0. The lowest BCUT2D eigenvalue weighted by atomic mass is 9.89. The number of hydrogen-bond acceptors (Lipinski definition) is 7. The van der Waals surface area contributed by atoms with Gasteiger partial charge in [0.1, 0.15) is 0 Å². The average Bonchev–Trinajstić information content (AvgIpc) is 1.63. The van der Waals surface area contributed by atoms with Gasteiger partial charge in [0.25, 0.3) is 0 Å². The molecule has 14 aromatic rings. The Hall–Kier alpha value is -11.4. The first-order chi connectivity index (χ1) is 55.7. The van der Waals surface area contributed by atoms with E-state index >= 15 is 0 Å². The van der Waals surface area contributed by atoms with Crippen LogP contribution in [0.1, 0.15) is 224 Å². The van der Waals surface area contributed by atoms with E-state index in [0.717, 1.165) is 56.3 Å². The highest BCUT2D eigenvalue weighted by atomic mass is 14.7. The molecule has 7 aliphatic rings. The summed E-state index contributed by atoms with van der Waals surface area (Å²) in [5.74, 6) is 0. The molecule has 0 fully saturated rings. The molecule has 0 N–H and O–H groups in total. The molecule has 7 nitrogen and oxygen atoms in total. The van der Waals surface area contributed by atoms with Gasteiger partial charge in [-0.3, -0.25) is 34.9 Å². The first kappa shape index (κ1) is 80.8. The molecule has 7 aromatic carbocycles. The zero-order chi connectivity index (χ0) is 83.3. The molecule has 0 unspecified atom stereocenters. The predicted octanol–water partition coefficient (Wildman–Crippen LogP) is 26.6. The maximum atomic E-state index is 4.67. The van der Waals surface area contributed by atoms with Gasteiger partial charge in [0.05, 0.1) is 39.9 Å². The normalized spacial score (nSPS) is 12.5. The van der Waals surface area contributed by atoms with Crippen LogP contribution in [0.3, 0.4) is 0 Å². The van der Waals surface area contributed by atoms with Gasteiger partial charge in [-0.05, 0) is 434 Å². The van der Waals surface area contributed by atoms with Crippen molar-refractivity contribution in [3.8, 4) is 77.9 Å². The van der Waals surface area contributed by atoms with Crippen LogP contribution in [0.2, 0.25) is 0 Å². The van der Waals surface area contributed by atoms with Crippen molar-refractivity contribution in [1.29, 1.82) is 0 Å². The Morgan fingerprint density at radius 3 is 1.13 bits per heavy atom. The van der Waals surface area contributed by atoms with Crippen LogP contribution in [0, 0.1) is 180 Å². The fourth-order valence-corrected chi connectivity index (χ4v) is 19.1. The zero-order valence-electron chi connectivity index (χ0n) is 74.4. The summed E-state index contributed by atoms with van der Waals surface area (Å²) in [5, 5.41) is 0. The Morgan fingerprint density at radius 1 is 0.197 bits per heavy atom. The van der Waals surface area contributed by atoms with Crippen LogP contribution < -0.4 is 0 Å². The molecule has 7 heterocycles. The Morgan fingerprint density at radius 2 is 0.556 bits per heavy atom. The minimum Gasteiger partial charge on any atom is -0.260 e. The minimum absolute atomic E-state index is 0.992. The van der Waals surface area contributed by atoms with Gasteiger partial charge in [-0.15, -0.1) is 0 Å². The van der Waals surface area contributed by atoms with Crippen LogP contribution in [-0.4, -0.2) is 34.9 Å². The van der Waals surface area contributed by atoms with E-state index in [1.165, 1.54) is 290 Å². The van der Waals surface area contributed by atoms with Gasteiger partial charge in [-0.2, -0.15) is 0 Å². The van der Waals surface area contributed by atoms with Crippen molar-refractivity contribution in [2.24, 2.45) is 0 Å². The predicted molar refractivity (Wildman–Crippen MR) is 491 cm³/mol. The monoisotopic (exact) mass is 1530 g/mol. The van der Waals surface area contributed by atoms with Crippen LogP contribution in [0.25, 0.3) is 77.9 Å². The summed E-state index contributed by atoms with van der Waals surface area (Å²) >= 11 is 0.